The smallest absolute Gasteiger partial charge is 0.0809 e. The largest absolute Gasteiger partial charge is 0.393 e. The maximum absolute atomic E-state index is 11.3. The van der Waals surface area contributed by atoms with Gasteiger partial charge in [0.1, 0.15) is 0 Å². The molecule has 0 radical (unpaired) electrons. The summed E-state index contributed by atoms with van der Waals surface area (Å²) in [4.78, 5) is 0. The molecule has 1 aromatic rings. The highest BCUT2D eigenvalue weighted by Gasteiger charge is 2.54. The standard InChI is InChI=1S/C25H36O2/c1-25-15-14-19-10-7-12-21(26)11-5-6-13-22(19)23(25)17-20(24(25)27)16-18-8-3-2-4-9-18/h2-4,8-9,16,19,21-24,26-27H,5-7,10-15,17H2,1H3/b20-16+/t19-,21-,22+,23-,24-,25-/m1/s1. The first-order valence-corrected chi connectivity index (χ1v) is 11.2. The Morgan fingerprint density at radius 1 is 0.926 bits per heavy atom. The van der Waals surface area contributed by atoms with Crippen LogP contribution in [0, 0.1) is 23.2 Å². The molecule has 3 fully saturated rings. The van der Waals surface area contributed by atoms with Crippen LogP contribution in [0.3, 0.4) is 0 Å². The Morgan fingerprint density at radius 3 is 2.48 bits per heavy atom. The third-order valence-corrected chi connectivity index (χ3v) is 8.04. The monoisotopic (exact) mass is 368 g/mol. The second-order valence-electron chi connectivity index (χ2n) is 9.68. The Kier molecular flexibility index (Phi) is 5.75. The molecule has 0 aromatic heterocycles. The zero-order chi connectivity index (χ0) is 18.9. The summed E-state index contributed by atoms with van der Waals surface area (Å²) < 4.78 is 0. The van der Waals surface area contributed by atoms with Gasteiger partial charge >= 0.3 is 0 Å². The zero-order valence-corrected chi connectivity index (χ0v) is 16.8. The molecule has 27 heavy (non-hydrogen) atoms. The molecule has 3 aliphatic rings. The van der Waals surface area contributed by atoms with Crippen molar-refractivity contribution in [1.29, 1.82) is 0 Å². The van der Waals surface area contributed by atoms with Gasteiger partial charge in [0.05, 0.1) is 12.2 Å². The molecule has 0 heterocycles. The topological polar surface area (TPSA) is 40.5 Å². The molecule has 0 unspecified atom stereocenters. The Labute approximate surface area is 164 Å². The first-order valence-electron chi connectivity index (χ1n) is 11.2. The number of hydrogen-bond acceptors (Lipinski definition) is 2. The second kappa shape index (κ2) is 8.09. The highest BCUT2D eigenvalue weighted by molar-refractivity contribution is 5.55. The summed E-state index contributed by atoms with van der Waals surface area (Å²) in [6.07, 6.45) is 13.4. The lowest BCUT2D eigenvalue weighted by atomic mass is 9.58. The summed E-state index contributed by atoms with van der Waals surface area (Å²) in [5.74, 6) is 2.15. The van der Waals surface area contributed by atoms with Gasteiger partial charge in [0.25, 0.3) is 0 Å². The molecule has 0 spiro atoms. The van der Waals surface area contributed by atoms with E-state index in [0.717, 1.165) is 43.9 Å². The highest BCUT2D eigenvalue weighted by Crippen LogP contribution is 2.59. The van der Waals surface area contributed by atoms with Crippen LogP contribution >= 0.6 is 0 Å². The molecule has 0 saturated heterocycles. The summed E-state index contributed by atoms with van der Waals surface area (Å²) >= 11 is 0. The van der Waals surface area contributed by atoms with Crippen molar-refractivity contribution in [1.82, 2.24) is 0 Å². The van der Waals surface area contributed by atoms with Crippen molar-refractivity contribution in [2.75, 3.05) is 0 Å². The van der Waals surface area contributed by atoms with Gasteiger partial charge in [-0.05, 0) is 67.4 Å². The van der Waals surface area contributed by atoms with Crippen LogP contribution in [0.15, 0.2) is 35.9 Å². The molecule has 0 amide bonds. The average molecular weight is 369 g/mol. The molecule has 2 N–H and O–H groups in total. The molecule has 4 rings (SSSR count). The number of benzene rings is 1. The lowest BCUT2D eigenvalue weighted by molar-refractivity contribution is -0.0344. The molecule has 148 valence electrons. The zero-order valence-electron chi connectivity index (χ0n) is 16.8. The fraction of sp³-hybridized carbons (Fsp3) is 0.680. The number of aliphatic hydroxyl groups excluding tert-OH is 2. The minimum atomic E-state index is -0.291. The lowest BCUT2D eigenvalue weighted by Crippen LogP contribution is -2.43. The SMILES string of the molecule is C[C@@]12CC[C@H]3CCC[C@H](O)CCCC[C@@H]3[C@H]1C/C(=C\c1ccccc1)[C@H]2O. The van der Waals surface area contributed by atoms with Crippen molar-refractivity contribution in [3.8, 4) is 0 Å². The Bertz CT molecular complexity index is 652. The summed E-state index contributed by atoms with van der Waals surface area (Å²) in [6.45, 7) is 2.35. The van der Waals surface area contributed by atoms with Crippen molar-refractivity contribution < 1.29 is 10.2 Å². The Morgan fingerprint density at radius 2 is 1.67 bits per heavy atom. The van der Waals surface area contributed by atoms with Crippen LogP contribution < -0.4 is 0 Å². The van der Waals surface area contributed by atoms with Crippen molar-refractivity contribution in [2.45, 2.75) is 83.3 Å². The van der Waals surface area contributed by atoms with Crippen LogP contribution in [-0.4, -0.2) is 22.4 Å². The van der Waals surface area contributed by atoms with Gasteiger partial charge in [-0.25, -0.2) is 0 Å². The van der Waals surface area contributed by atoms with Crippen LogP contribution in [0.2, 0.25) is 0 Å². The van der Waals surface area contributed by atoms with Crippen LogP contribution in [0.5, 0.6) is 0 Å². The summed E-state index contributed by atoms with van der Waals surface area (Å²) in [7, 11) is 0. The Hall–Kier alpha value is -1.12. The summed E-state index contributed by atoms with van der Waals surface area (Å²) in [5.41, 5.74) is 2.51. The number of fused-ring (bicyclic) bond motifs is 3. The first-order chi connectivity index (χ1) is 13.1. The highest BCUT2D eigenvalue weighted by atomic mass is 16.3. The van der Waals surface area contributed by atoms with Gasteiger partial charge in [-0.3, -0.25) is 0 Å². The van der Waals surface area contributed by atoms with Crippen LogP contribution in [0.4, 0.5) is 0 Å². The van der Waals surface area contributed by atoms with E-state index in [1.54, 1.807) is 0 Å². The van der Waals surface area contributed by atoms with Gasteiger partial charge in [0.2, 0.25) is 0 Å². The third-order valence-electron chi connectivity index (χ3n) is 8.04. The van der Waals surface area contributed by atoms with Crippen molar-refractivity contribution in [2.24, 2.45) is 23.2 Å². The van der Waals surface area contributed by atoms with Crippen LogP contribution in [-0.2, 0) is 0 Å². The minimum Gasteiger partial charge on any atom is -0.393 e. The lowest BCUT2D eigenvalue weighted by Gasteiger charge is -2.48. The van der Waals surface area contributed by atoms with E-state index in [9.17, 15) is 10.2 Å². The average Bonchev–Trinajstić information content (AvgIpc) is 2.92. The van der Waals surface area contributed by atoms with Crippen molar-refractivity contribution in [3.05, 3.63) is 41.5 Å². The number of aliphatic hydroxyl groups is 2. The third kappa shape index (κ3) is 3.89. The molecule has 6 atom stereocenters. The maximum atomic E-state index is 11.3. The van der Waals surface area contributed by atoms with Gasteiger partial charge in [0.15, 0.2) is 0 Å². The van der Waals surface area contributed by atoms with E-state index in [4.69, 9.17) is 0 Å². The van der Waals surface area contributed by atoms with E-state index in [1.165, 1.54) is 43.2 Å². The number of rotatable bonds is 1. The fourth-order valence-corrected chi connectivity index (χ4v) is 6.44. The van der Waals surface area contributed by atoms with Crippen LogP contribution in [0.25, 0.3) is 6.08 Å². The molecule has 2 heteroatoms. The molecular formula is C25H36O2. The molecule has 0 bridgehead atoms. The van der Waals surface area contributed by atoms with E-state index in [0.29, 0.717) is 5.92 Å². The maximum Gasteiger partial charge on any atom is 0.0809 e. The van der Waals surface area contributed by atoms with Gasteiger partial charge in [0, 0.05) is 5.41 Å². The number of hydrogen-bond donors (Lipinski definition) is 2. The van der Waals surface area contributed by atoms with E-state index in [2.05, 4.69) is 43.3 Å². The summed E-state index contributed by atoms with van der Waals surface area (Å²) in [6, 6.07) is 10.5. The van der Waals surface area contributed by atoms with Crippen molar-refractivity contribution >= 4 is 6.08 Å². The quantitative estimate of drug-likeness (QED) is 0.678. The fourth-order valence-electron chi connectivity index (χ4n) is 6.44. The first kappa shape index (κ1) is 19.2. The van der Waals surface area contributed by atoms with E-state index in [-0.39, 0.29) is 17.6 Å². The van der Waals surface area contributed by atoms with Crippen molar-refractivity contribution in [3.63, 3.8) is 0 Å². The normalized spacial score (nSPS) is 41.7. The van der Waals surface area contributed by atoms with E-state index in [1.807, 2.05) is 0 Å². The predicted molar refractivity (Wildman–Crippen MR) is 111 cm³/mol. The van der Waals surface area contributed by atoms with Crippen LogP contribution in [0.1, 0.15) is 76.7 Å². The summed E-state index contributed by atoms with van der Waals surface area (Å²) in [5, 5.41) is 21.3. The van der Waals surface area contributed by atoms with E-state index < -0.39 is 0 Å². The molecular weight excluding hydrogens is 332 g/mol. The van der Waals surface area contributed by atoms with Gasteiger partial charge < -0.3 is 10.2 Å². The second-order valence-corrected chi connectivity index (χ2v) is 9.68. The molecule has 2 nitrogen and oxygen atoms in total. The predicted octanol–water partition coefficient (Wildman–Crippen LogP) is 5.59. The Balaban J connectivity index is 1.57. The van der Waals surface area contributed by atoms with Gasteiger partial charge in [-0.2, -0.15) is 0 Å². The van der Waals surface area contributed by atoms with Gasteiger partial charge in [-0.15, -0.1) is 0 Å². The minimum absolute atomic E-state index is 0.0470. The van der Waals surface area contributed by atoms with Gasteiger partial charge in [-0.1, -0.05) is 69.0 Å². The molecule has 3 aliphatic carbocycles. The molecule has 0 aliphatic heterocycles. The molecule has 3 saturated carbocycles. The molecule has 1 aromatic carbocycles. The van der Waals surface area contributed by atoms with E-state index >= 15 is 0 Å².